The number of nitrogens with zero attached hydrogens (tertiary/aromatic N) is 2. The number of likely N-dealkylation sites (tertiary alicyclic amines) is 2. The van der Waals surface area contributed by atoms with Crippen LogP contribution in [0.1, 0.15) is 44.1 Å². The van der Waals surface area contributed by atoms with E-state index in [-0.39, 0.29) is 23.4 Å². The van der Waals surface area contributed by atoms with Crippen LogP contribution < -0.4 is 0 Å². The van der Waals surface area contributed by atoms with Crippen molar-refractivity contribution in [2.24, 2.45) is 0 Å². The lowest BCUT2D eigenvalue weighted by atomic mass is 9.90. The number of hydrogen-bond donors (Lipinski definition) is 0. The molecule has 0 aromatic heterocycles. The summed E-state index contributed by atoms with van der Waals surface area (Å²) in [6.45, 7) is 4.08. The lowest BCUT2D eigenvalue weighted by Gasteiger charge is -2.40. The van der Waals surface area contributed by atoms with Gasteiger partial charge in [-0.25, -0.2) is 4.39 Å². The molecule has 3 fully saturated rings. The third-order valence-corrected chi connectivity index (χ3v) is 5.92. The van der Waals surface area contributed by atoms with E-state index in [1.165, 1.54) is 6.07 Å². The highest BCUT2D eigenvalue weighted by molar-refractivity contribution is 5.78. The summed E-state index contributed by atoms with van der Waals surface area (Å²) in [4.78, 5) is 16.1. The molecule has 3 heterocycles. The van der Waals surface area contributed by atoms with Crippen LogP contribution in [0.2, 0.25) is 0 Å². The minimum Gasteiger partial charge on any atom is -0.369 e. The first-order valence-corrected chi connectivity index (χ1v) is 9.55. The van der Waals surface area contributed by atoms with Crippen LogP contribution in [-0.4, -0.2) is 53.6 Å². The van der Waals surface area contributed by atoms with E-state index in [1.807, 2.05) is 17.0 Å². The highest BCUT2D eigenvalue weighted by Crippen LogP contribution is 2.37. The van der Waals surface area contributed by atoms with E-state index in [9.17, 15) is 9.18 Å². The van der Waals surface area contributed by atoms with Crippen molar-refractivity contribution in [2.45, 2.75) is 56.8 Å². The van der Waals surface area contributed by atoms with Gasteiger partial charge in [-0.1, -0.05) is 18.2 Å². The molecule has 3 saturated heterocycles. The number of rotatable bonds is 4. The Labute approximate surface area is 148 Å². The fourth-order valence-electron chi connectivity index (χ4n) is 4.62. The van der Waals surface area contributed by atoms with E-state index in [4.69, 9.17) is 4.74 Å². The molecule has 0 N–H and O–H groups in total. The zero-order valence-electron chi connectivity index (χ0n) is 14.8. The summed E-state index contributed by atoms with van der Waals surface area (Å²) in [6.07, 6.45) is 6.10. The van der Waals surface area contributed by atoms with Crippen LogP contribution in [0.4, 0.5) is 4.39 Å². The van der Waals surface area contributed by atoms with Crippen LogP contribution in [0.3, 0.4) is 0 Å². The molecule has 1 amide bonds. The zero-order chi connectivity index (χ0) is 17.3. The van der Waals surface area contributed by atoms with E-state index in [1.54, 1.807) is 6.07 Å². The first-order valence-electron chi connectivity index (χ1n) is 9.55. The largest absolute Gasteiger partial charge is 0.369 e. The molecule has 4 nitrogen and oxygen atoms in total. The Bertz CT molecular complexity index is 638. The molecule has 0 aliphatic carbocycles. The molecule has 1 aromatic carbocycles. The van der Waals surface area contributed by atoms with Gasteiger partial charge in [-0.2, -0.15) is 0 Å². The van der Waals surface area contributed by atoms with Gasteiger partial charge in [0, 0.05) is 44.7 Å². The molecule has 0 saturated carbocycles. The van der Waals surface area contributed by atoms with Crippen LogP contribution in [-0.2, 0) is 16.1 Å². The van der Waals surface area contributed by atoms with E-state index in [0.29, 0.717) is 13.0 Å². The lowest BCUT2D eigenvalue weighted by Crippen LogP contribution is -2.47. The van der Waals surface area contributed by atoms with E-state index >= 15 is 0 Å². The molecule has 1 spiro atoms. The van der Waals surface area contributed by atoms with Crippen molar-refractivity contribution in [1.82, 2.24) is 9.80 Å². The van der Waals surface area contributed by atoms with Crippen LogP contribution in [0.15, 0.2) is 24.3 Å². The monoisotopic (exact) mass is 346 g/mol. The minimum absolute atomic E-state index is 0.100. The highest BCUT2D eigenvalue weighted by atomic mass is 19.1. The molecule has 0 bridgehead atoms. The third kappa shape index (κ3) is 3.72. The van der Waals surface area contributed by atoms with E-state index in [2.05, 4.69) is 4.90 Å². The van der Waals surface area contributed by atoms with Crippen molar-refractivity contribution in [3.63, 3.8) is 0 Å². The van der Waals surface area contributed by atoms with E-state index < -0.39 is 0 Å². The Morgan fingerprint density at radius 2 is 2.08 bits per heavy atom. The molecule has 25 heavy (non-hydrogen) atoms. The SMILES string of the molecule is O=C1CCCN1C[C@@H]1CCC[C@]2(CCN(Cc3ccccc3F)C2)O1. The number of amides is 1. The molecular weight excluding hydrogens is 319 g/mol. The molecule has 0 unspecified atom stereocenters. The summed E-state index contributed by atoms with van der Waals surface area (Å²) < 4.78 is 20.4. The molecule has 0 radical (unpaired) electrons. The van der Waals surface area contributed by atoms with Crippen LogP contribution in [0.25, 0.3) is 0 Å². The van der Waals surface area contributed by atoms with Gasteiger partial charge in [-0.05, 0) is 38.2 Å². The van der Waals surface area contributed by atoms with Crippen LogP contribution in [0.5, 0.6) is 0 Å². The van der Waals surface area contributed by atoms with E-state index in [0.717, 1.165) is 63.8 Å². The molecule has 1 aromatic rings. The number of carbonyl (C=O) groups is 1. The maximum atomic E-state index is 13.9. The normalized spacial score (nSPS) is 30.5. The summed E-state index contributed by atoms with van der Waals surface area (Å²) >= 11 is 0. The van der Waals surface area contributed by atoms with Gasteiger partial charge in [0.1, 0.15) is 5.82 Å². The zero-order valence-corrected chi connectivity index (χ0v) is 14.8. The molecule has 4 rings (SSSR count). The van der Waals surface area contributed by atoms with Crippen molar-refractivity contribution in [3.8, 4) is 0 Å². The molecule has 2 atom stereocenters. The predicted molar refractivity (Wildman–Crippen MR) is 93.6 cm³/mol. The Morgan fingerprint density at radius 3 is 2.88 bits per heavy atom. The molecular formula is C20H27FN2O2. The molecule has 3 aliphatic rings. The Balaban J connectivity index is 1.36. The Hall–Kier alpha value is -1.46. The second-order valence-corrected chi connectivity index (χ2v) is 7.81. The summed E-state index contributed by atoms with van der Waals surface area (Å²) in [5.74, 6) is 0.147. The quantitative estimate of drug-likeness (QED) is 0.840. The summed E-state index contributed by atoms with van der Waals surface area (Å²) in [5.41, 5.74) is 0.659. The number of halogens is 1. The first kappa shape index (κ1) is 17.0. The van der Waals surface area contributed by atoms with Crippen LogP contribution in [0, 0.1) is 5.82 Å². The lowest BCUT2D eigenvalue weighted by molar-refractivity contribution is -0.142. The Kier molecular flexibility index (Phi) is 4.78. The average molecular weight is 346 g/mol. The highest BCUT2D eigenvalue weighted by Gasteiger charge is 2.43. The number of benzene rings is 1. The van der Waals surface area contributed by atoms with Gasteiger partial charge in [0.25, 0.3) is 0 Å². The first-order chi connectivity index (χ1) is 12.1. The maximum Gasteiger partial charge on any atom is 0.222 e. The van der Waals surface area contributed by atoms with Crippen molar-refractivity contribution < 1.29 is 13.9 Å². The molecule has 136 valence electrons. The number of hydrogen-bond acceptors (Lipinski definition) is 3. The van der Waals surface area contributed by atoms with Crippen molar-refractivity contribution in [1.29, 1.82) is 0 Å². The summed E-state index contributed by atoms with van der Waals surface area (Å²) in [6, 6.07) is 7.02. The standard InChI is InChI=1S/C20H27FN2O2/c21-18-7-2-1-5-16(18)13-22-12-10-20(15-22)9-3-6-17(25-20)14-23-11-4-8-19(23)24/h1-2,5,7,17H,3-4,6,8-15H2/t17-,20+/m0/s1. The fraction of sp³-hybridized carbons (Fsp3) is 0.650. The minimum atomic E-state index is -0.126. The van der Waals surface area contributed by atoms with Gasteiger partial charge in [-0.15, -0.1) is 0 Å². The molecule has 5 heteroatoms. The topological polar surface area (TPSA) is 32.8 Å². The maximum absolute atomic E-state index is 13.9. The summed E-state index contributed by atoms with van der Waals surface area (Å²) in [5, 5.41) is 0. The van der Waals surface area contributed by atoms with Gasteiger partial charge < -0.3 is 9.64 Å². The fourth-order valence-corrected chi connectivity index (χ4v) is 4.62. The molecule has 3 aliphatic heterocycles. The number of ether oxygens (including phenoxy) is 1. The average Bonchev–Trinajstić information content (AvgIpc) is 3.17. The second-order valence-electron chi connectivity index (χ2n) is 7.81. The van der Waals surface area contributed by atoms with Crippen molar-refractivity contribution >= 4 is 5.91 Å². The van der Waals surface area contributed by atoms with Gasteiger partial charge in [-0.3, -0.25) is 9.69 Å². The van der Waals surface area contributed by atoms with Gasteiger partial charge in [0.05, 0.1) is 11.7 Å². The summed E-state index contributed by atoms with van der Waals surface area (Å²) in [7, 11) is 0. The van der Waals surface area contributed by atoms with Crippen molar-refractivity contribution in [3.05, 3.63) is 35.6 Å². The predicted octanol–water partition coefficient (Wildman–Crippen LogP) is 2.96. The van der Waals surface area contributed by atoms with Gasteiger partial charge >= 0.3 is 0 Å². The van der Waals surface area contributed by atoms with Gasteiger partial charge in [0.15, 0.2) is 0 Å². The third-order valence-electron chi connectivity index (χ3n) is 5.92. The van der Waals surface area contributed by atoms with Crippen LogP contribution >= 0.6 is 0 Å². The number of carbonyl (C=O) groups excluding carboxylic acids is 1. The Morgan fingerprint density at radius 1 is 1.20 bits per heavy atom. The van der Waals surface area contributed by atoms with Crippen molar-refractivity contribution in [2.75, 3.05) is 26.2 Å². The smallest absolute Gasteiger partial charge is 0.222 e. The van der Waals surface area contributed by atoms with Gasteiger partial charge in [0.2, 0.25) is 5.91 Å². The second kappa shape index (κ2) is 7.04.